The molecule has 2 N–H and O–H groups in total. The smallest absolute Gasteiger partial charge is 0.280 e. The Bertz CT molecular complexity index is 728. The van der Waals surface area contributed by atoms with Gasteiger partial charge in [-0.25, -0.2) is 9.67 Å². The van der Waals surface area contributed by atoms with Crippen LogP contribution in [0.5, 0.6) is 0 Å². The zero-order valence-electron chi connectivity index (χ0n) is 11.7. The molecule has 0 atom stereocenters. The number of H-pyrrole nitrogens is 1. The zero-order valence-corrected chi connectivity index (χ0v) is 12.5. The summed E-state index contributed by atoms with van der Waals surface area (Å²) >= 11 is 5.03. The standard InChI is InChI=1S/C15H16N4OS/c1-3-9-16-15(21)17-10-13-11(2)18-19(14(13)20)12-7-5-4-6-8-12/h3-8,10,18H,1,9H2,2H3,(H,16,21)/b17-10+. The maximum atomic E-state index is 12.4. The molecule has 6 heteroatoms. The number of aryl methyl sites for hydroxylation is 1. The lowest BCUT2D eigenvalue weighted by molar-refractivity contribution is 0.835. The SMILES string of the molecule is C=CCNC(=S)/N=C/c1c(C)[nH]n(-c2ccccc2)c1=O. The molecule has 0 spiro atoms. The topological polar surface area (TPSA) is 62.2 Å². The minimum atomic E-state index is -0.158. The summed E-state index contributed by atoms with van der Waals surface area (Å²) in [6.07, 6.45) is 3.16. The third-order valence-electron chi connectivity index (χ3n) is 2.84. The van der Waals surface area contributed by atoms with Crippen molar-refractivity contribution >= 4 is 23.5 Å². The molecule has 21 heavy (non-hydrogen) atoms. The normalized spacial score (nSPS) is 10.7. The van der Waals surface area contributed by atoms with E-state index in [4.69, 9.17) is 12.2 Å². The van der Waals surface area contributed by atoms with E-state index in [-0.39, 0.29) is 5.56 Å². The first-order valence-electron chi connectivity index (χ1n) is 6.43. The summed E-state index contributed by atoms with van der Waals surface area (Å²) in [4.78, 5) is 16.5. The maximum absolute atomic E-state index is 12.4. The molecule has 1 aromatic heterocycles. The van der Waals surface area contributed by atoms with E-state index in [0.29, 0.717) is 17.2 Å². The van der Waals surface area contributed by atoms with Crippen molar-refractivity contribution < 1.29 is 0 Å². The van der Waals surface area contributed by atoms with E-state index in [0.717, 1.165) is 11.4 Å². The number of rotatable bonds is 4. The number of nitrogens with zero attached hydrogens (tertiary/aromatic N) is 2. The fourth-order valence-electron chi connectivity index (χ4n) is 1.80. The highest BCUT2D eigenvalue weighted by atomic mass is 32.1. The first-order chi connectivity index (χ1) is 10.1. The molecule has 5 nitrogen and oxygen atoms in total. The third-order valence-corrected chi connectivity index (χ3v) is 3.09. The first-order valence-corrected chi connectivity index (χ1v) is 6.84. The Morgan fingerprint density at radius 3 is 2.86 bits per heavy atom. The molecular weight excluding hydrogens is 284 g/mol. The lowest BCUT2D eigenvalue weighted by Gasteiger charge is -1.99. The molecule has 0 unspecified atom stereocenters. The highest BCUT2D eigenvalue weighted by Crippen LogP contribution is 2.05. The van der Waals surface area contributed by atoms with E-state index < -0.39 is 0 Å². The summed E-state index contributed by atoms with van der Waals surface area (Å²) in [6.45, 7) is 5.94. The summed E-state index contributed by atoms with van der Waals surface area (Å²) < 4.78 is 1.48. The van der Waals surface area contributed by atoms with Crippen LogP contribution < -0.4 is 10.9 Å². The maximum Gasteiger partial charge on any atom is 0.280 e. The Balaban J connectivity index is 2.28. The number of thiocarbonyl (C=S) groups is 1. The molecule has 108 valence electrons. The van der Waals surface area contributed by atoms with Crippen molar-refractivity contribution in [3.63, 3.8) is 0 Å². The van der Waals surface area contributed by atoms with Gasteiger partial charge in [0.05, 0.1) is 11.3 Å². The number of nitrogens with one attached hydrogen (secondary N) is 2. The summed E-state index contributed by atoms with van der Waals surface area (Å²) in [7, 11) is 0. The first kappa shape index (κ1) is 14.9. The van der Waals surface area contributed by atoms with E-state index in [1.807, 2.05) is 37.3 Å². The van der Waals surface area contributed by atoms with Gasteiger partial charge in [0.1, 0.15) is 0 Å². The molecule has 0 aliphatic heterocycles. The van der Waals surface area contributed by atoms with Crippen molar-refractivity contribution in [1.82, 2.24) is 15.1 Å². The molecule has 0 saturated heterocycles. The zero-order chi connectivity index (χ0) is 15.2. The van der Waals surface area contributed by atoms with Gasteiger partial charge in [-0.1, -0.05) is 24.3 Å². The molecule has 0 fully saturated rings. The van der Waals surface area contributed by atoms with Gasteiger partial charge in [0, 0.05) is 18.5 Å². The van der Waals surface area contributed by atoms with E-state index in [1.165, 1.54) is 10.9 Å². The van der Waals surface area contributed by atoms with E-state index in [1.54, 1.807) is 6.08 Å². The van der Waals surface area contributed by atoms with Gasteiger partial charge in [-0.2, -0.15) is 0 Å². The van der Waals surface area contributed by atoms with Crippen LogP contribution in [-0.4, -0.2) is 27.7 Å². The quantitative estimate of drug-likeness (QED) is 0.515. The summed E-state index contributed by atoms with van der Waals surface area (Å²) in [6, 6.07) is 9.36. The minimum Gasteiger partial charge on any atom is -0.357 e. The van der Waals surface area contributed by atoms with Gasteiger partial charge in [-0.05, 0) is 31.3 Å². The van der Waals surface area contributed by atoms with Crippen molar-refractivity contribution in [3.8, 4) is 5.69 Å². The summed E-state index contributed by atoms with van der Waals surface area (Å²) in [5, 5.41) is 6.23. The summed E-state index contributed by atoms with van der Waals surface area (Å²) in [5.41, 5.74) is 1.84. The largest absolute Gasteiger partial charge is 0.357 e. The number of benzene rings is 1. The van der Waals surface area contributed by atoms with Gasteiger partial charge in [-0.15, -0.1) is 6.58 Å². The van der Waals surface area contributed by atoms with Crippen LogP contribution >= 0.6 is 12.2 Å². The van der Waals surface area contributed by atoms with Crippen molar-refractivity contribution in [1.29, 1.82) is 0 Å². The van der Waals surface area contributed by atoms with Crippen LogP contribution in [0, 0.1) is 6.92 Å². The average molecular weight is 300 g/mol. The van der Waals surface area contributed by atoms with Gasteiger partial charge in [0.2, 0.25) is 0 Å². The molecule has 0 amide bonds. The van der Waals surface area contributed by atoms with E-state index in [2.05, 4.69) is 22.0 Å². The number of aliphatic imine (C=N–C) groups is 1. The van der Waals surface area contributed by atoms with Gasteiger partial charge >= 0.3 is 0 Å². The number of para-hydroxylation sites is 1. The Hall–Kier alpha value is -2.47. The fourth-order valence-corrected chi connectivity index (χ4v) is 1.93. The molecule has 1 aromatic carbocycles. The van der Waals surface area contributed by atoms with Crippen molar-refractivity contribution in [3.05, 3.63) is 64.6 Å². The molecule has 2 rings (SSSR count). The van der Waals surface area contributed by atoms with Crippen molar-refractivity contribution in [2.24, 2.45) is 4.99 Å². The number of hydrogen-bond donors (Lipinski definition) is 2. The Morgan fingerprint density at radius 2 is 2.19 bits per heavy atom. The molecule has 0 saturated carbocycles. The average Bonchev–Trinajstić information content (AvgIpc) is 2.79. The van der Waals surface area contributed by atoms with Crippen molar-refractivity contribution in [2.45, 2.75) is 6.92 Å². The molecule has 0 aliphatic rings. The van der Waals surface area contributed by atoms with Gasteiger partial charge in [0.25, 0.3) is 5.56 Å². The molecule has 0 radical (unpaired) electrons. The van der Waals surface area contributed by atoms with Gasteiger partial charge in [0.15, 0.2) is 5.11 Å². The van der Waals surface area contributed by atoms with E-state index in [9.17, 15) is 4.79 Å². The van der Waals surface area contributed by atoms with Crippen LogP contribution in [0.2, 0.25) is 0 Å². The lowest BCUT2D eigenvalue weighted by atomic mass is 10.3. The van der Waals surface area contributed by atoms with E-state index >= 15 is 0 Å². The molecule has 0 bridgehead atoms. The predicted octanol–water partition coefficient (Wildman–Crippen LogP) is 1.95. The second-order valence-corrected chi connectivity index (χ2v) is 4.75. The molecular formula is C15H16N4OS. The van der Waals surface area contributed by atoms with Gasteiger partial charge in [-0.3, -0.25) is 9.89 Å². The Labute approximate surface area is 128 Å². The third kappa shape index (κ3) is 3.55. The molecule has 0 aliphatic carbocycles. The van der Waals surface area contributed by atoms with Crippen LogP contribution in [-0.2, 0) is 0 Å². The summed E-state index contributed by atoms with van der Waals surface area (Å²) in [5.74, 6) is 0. The second-order valence-electron chi connectivity index (χ2n) is 4.36. The Morgan fingerprint density at radius 1 is 1.48 bits per heavy atom. The highest BCUT2D eigenvalue weighted by Gasteiger charge is 2.10. The monoisotopic (exact) mass is 300 g/mol. The second kappa shape index (κ2) is 6.81. The van der Waals surface area contributed by atoms with Crippen LogP contribution in [0.15, 0.2) is 52.8 Å². The minimum absolute atomic E-state index is 0.158. The van der Waals surface area contributed by atoms with Crippen molar-refractivity contribution in [2.75, 3.05) is 6.54 Å². The molecule has 1 heterocycles. The lowest BCUT2D eigenvalue weighted by Crippen LogP contribution is -2.20. The molecule has 2 aromatic rings. The van der Waals surface area contributed by atoms with Gasteiger partial charge < -0.3 is 5.32 Å². The van der Waals surface area contributed by atoms with Crippen LogP contribution in [0.3, 0.4) is 0 Å². The highest BCUT2D eigenvalue weighted by molar-refractivity contribution is 7.80. The van der Waals surface area contributed by atoms with Crippen LogP contribution in [0.1, 0.15) is 11.3 Å². The van der Waals surface area contributed by atoms with Crippen LogP contribution in [0.25, 0.3) is 5.69 Å². The Kier molecular flexibility index (Phi) is 4.84. The van der Waals surface area contributed by atoms with Crippen LogP contribution in [0.4, 0.5) is 0 Å². The fraction of sp³-hybridized carbons (Fsp3) is 0.133. The number of aromatic nitrogens is 2. The predicted molar refractivity (Wildman–Crippen MR) is 89.5 cm³/mol. The number of hydrogen-bond acceptors (Lipinski definition) is 2. The number of aromatic amines is 1.